The number of aromatic nitrogens is 6. The number of sulfonamides is 2. The molecule has 0 saturated carbocycles. The van der Waals surface area contributed by atoms with E-state index in [2.05, 4.69) is 30.1 Å². The van der Waals surface area contributed by atoms with Crippen LogP contribution in [0, 0.1) is 0 Å². The molecule has 0 radical (unpaired) electrons. The van der Waals surface area contributed by atoms with Crippen molar-refractivity contribution in [3.05, 3.63) is 108 Å². The van der Waals surface area contributed by atoms with Crippen LogP contribution >= 0.6 is 0 Å². The largest absolute Gasteiger partial charge is 0.412 e. The molecule has 0 aliphatic rings. The first-order valence-corrected chi connectivity index (χ1v) is 17.5. The van der Waals surface area contributed by atoms with Crippen LogP contribution in [0.4, 0.5) is 20.2 Å². The molecule has 0 unspecified atom stereocenters. The fourth-order valence-electron chi connectivity index (χ4n) is 3.95. The number of carbonyl (C=O) groups is 1. The van der Waals surface area contributed by atoms with Gasteiger partial charge in [-0.05, 0) is 24.3 Å². The topological polar surface area (TPSA) is 208 Å². The first-order chi connectivity index (χ1) is 22.8. The number of hydrogen-bond donors (Lipinski definition) is 1. The van der Waals surface area contributed by atoms with Gasteiger partial charge in [0.2, 0.25) is 31.7 Å². The van der Waals surface area contributed by atoms with E-state index in [0.717, 1.165) is 12.5 Å². The first-order valence-electron chi connectivity index (χ1n) is 13.8. The smallest absolute Gasteiger partial charge is 0.314 e. The van der Waals surface area contributed by atoms with Crippen molar-refractivity contribution >= 4 is 37.2 Å². The predicted octanol–water partition coefficient (Wildman–Crippen LogP) is 3.01. The van der Waals surface area contributed by atoms with Crippen LogP contribution in [0.15, 0.2) is 89.9 Å². The highest BCUT2D eigenvalue weighted by atomic mass is 32.2. The van der Waals surface area contributed by atoms with E-state index in [1.807, 2.05) is 0 Å². The third-order valence-electron chi connectivity index (χ3n) is 6.21. The summed E-state index contributed by atoms with van der Waals surface area (Å²) in [7, 11) is -6.99. The summed E-state index contributed by atoms with van der Waals surface area (Å²) in [6.45, 7) is -0.0754. The van der Waals surface area contributed by atoms with Crippen molar-refractivity contribution in [2.24, 2.45) is 5.73 Å². The average molecular weight is 702 g/mol. The molecule has 3 aromatic heterocycles. The maximum atomic E-state index is 12.5. The van der Waals surface area contributed by atoms with Crippen molar-refractivity contribution in [1.29, 1.82) is 0 Å². The molecule has 2 N–H and O–H groups in total. The van der Waals surface area contributed by atoms with Gasteiger partial charge in [0.25, 0.3) is 11.8 Å². The summed E-state index contributed by atoms with van der Waals surface area (Å²) in [5, 5.41) is 6.66. The van der Waals surface area contributed by atoms with E-state index in [1.165, 1.54) is 33.4 Å². The number of Topliss-reactive ketones (excluding diaryl/α,β-unsaturated/α-hetero) is 1. The number of ketones is 1. The lowest BCUT2D eigenvalue weighted by molar-refractivity contribution is 0.0991. The van der Waals surface area contributed by atoms with Gasteiger partial charge in [-0.15, -0.1) is 10.2 Å². The third-order valence-corrected chi connectivity index (χ3v) is 8.49. The Balaban J connectivity index is 0.000000220. The summed E-state index contributed by atoms with van der Waals surface area (Å²) in [6, 6.07) is 17.3. The highest BCUT2D eigenvalue weighted by molar-refractivity contribution is 7.92. The monoisotopic (exact) mass is 701 g/mol. The highest BCUT2D eigenvalue weighted by Gasteiger charge is 2.21. The van der Waals surface area contributed by atoms with E-state index in [-0.39, 0.29) is 43.0 Å². The van der Waals surface area contributed by atoms with Crippen molar-refractivity contribution in [3.63, 3.8) is 0 Å². The second kappa shape index (κ2) is 15.5. The first kappa shape index (κ1) is 35.6. The van der Waals surface area contributed by atoms with Crippen LogP contribution in [-0.4, -0.2) is 71.8 Å². The molecule has 0 fully saturated rings. The number of rotatable bonds is 12. The fraction of sp³-hybridized carbons (Fsp3) is 0.207. The van der Waals surface area contributed by atoms with Gasteiger partial charge >= 0.3 is 6.43 Å². The summed E-state index contributed by atoms with van der Waals surface area (Å²) < 4.78 is 80.3. The average Bonchev–Trinajstić information content (AvgIpc) is 3.57. The number of benzene rings is 2. The lowest BCUT2D eigenvalue weighted by Crippen LogP contribution is -2.29. The minimum Gasteiger partial charge on any atom is -0.412 e. The number of halogens is 2. The number of anilines is 2. The lowest BCUT2D eigenvalue weighted by atomic mass is 10.3. The van der Waals surface area contributed by atoms with Gasteiger partial charge in [0.05, 0.1) is 43.5 Å². The normalized spacial score (nSPS) is 11.5. The maximum absolute atomic E-state index is 12.5. The third kappa shape index (κ3) is 9.62. The standard InChI is InChI=1S/C15H13F2N5O3S.C14H16N4O3S/c1-26(23,24)22(11-5-3-2-4-6-11)9-10-7-18-13(19-8-10)15-21-20-14(25-15)12(16)17;1-22(20,21)18(12-5-3-2-4-6-12)10-11-8-16-14(17-9-11)13(19)7-15/h2-8,12H,9H2,1H3;2-6,8-9H,7,10,15H2,1H3. The van der Waals surface area contributed by atoms with Crippen molar-refractivity contribution < 1.29 is 34.8 Å². The summed E-state index contributed by atoms with van der Waals surface area (Å²) in [6.07, 6.45) is 4.94. The minimum absolute atomic E-state index is 0.00917. The van der Waals surface area contributed by atoms with E-state index >= 15 is 0 Å². The van der Waals surface area contributed by atoms with Crippen LogP contribution in [0.2, 0.25) is 0 Å². The van der Waals surface area contributed by atoms with Gasteiger partial charge in [-0.3, -0.25) is 13.4 Å². The molecule has 252 valence electrons. The van der Waals surface area contributed by atoms with Gasteiger partial charge in [-0.1, -0.05) is 36.4 Å². The Bertz CT molecular complexity index is 2020. The minimum atomic E-state index is -3.53. The van der Waals surface area contributed by atoms with Crippen LogP contribution in [0.5, 0.6) is 0 Å². The van der Waals surface area contributed by atoms with Crippen LogP contribution < -0.4 is 14.3 Å². The summed E-state index contributed by atoms with van der Waals surface area (Å²) in [4.78, 5) is 27.2. The molecule has 3 heterocycles. The van der Waals surface area contributed by atoms with Crippen molar-refractivity contribution in [3.8, 4) is 11.7 Å². The summed E-state index contributed by atoms with van der Waals surface area (Å²) >= 11 is 0. The number of carbonyl (C=O) groups excluding carboxylic acids is 1. The van der Waals surface area contributed by atoms with E-state index in [1.54, 1.807) is 60.7 Å². The molecular formula is C29H29F2N9O6S2. The molecule has 0 bridgehead atoms. The van der Waals surface area contributed by atoms with Gasteiger partial charge < -0.3 is 10.2 Å². The lowest BCUT2D eigenvalue weighted by Gasteiger charge is -2.22. The van der Waals surface area contributed by atoms with Gasteiger partial charge in [-0.2, -0.15) is 8.78 Å². The Morgan fingerprint density at radius 3 is 1.56 bits per heavy atom. The Hall–Kier alpha value is -5.27. The Kier molecular flexibility index (Phi) is 11.5. The van der Waals surface area contributed by atoms with E-state index in [9.17, 15) is 30.4 Å². The van der Waals surface area contributed by atoms with Gasteiger partial charge in [-0.25, -0.2) is 36.8 Å². The maximum Gasteiger partial charge on any atom is 0.314 e. The van der Waals surface area contributed by atoms with Crippen molar-refractivity contribution in [1.82, 2.24) is 30.1 Å². The quantitative estimate of drug-likeness (QED) is 0.186. The number of nitrogens with zero attached hydrogens (tertiary/aromatic N) is 8. The molecule has 0 saturated heterocycles. The Morgan fingerprint density at radius 2 is 1.19 bits per heavy atom. The van der Waals surface area contributed by atoms with Crippen LogP contribution in [0.1, 0.15) is 34.1 Å². The van der Waals surface area contributed by atoms with Crippen molar-refractivity contribution in [2.75, 3.05) is 27.7 Å². The molecule has 0 aliphatic carbocycles. The molecule has 2 aromatic carbocycles. The summed E-state index contributed by atoms with van der Waals surface area (Å²) in [5.41, 5.74) is 7.35. The van der Waals surface area contributed by atoms with Gasteiger partial charge in [0.15, 0.2) is 5.82 Å². The molecule has 0 atom stereocenters. The molecule has 0 spiro atoms. The van der Waals surface area contributed by atoms with Crippen LogP contribution in [-0.2, 0) is 33.1 Å². The second-order valence-corrected chi connectivity index (χ2v) is 13.7. The second-order valence-electron chi connectivity index (χ2n) is 9.91. The molecular weight excluding hydrogens is 673 g/mol. The molecule has 0 amide bonds. The number of hydrogen-bond acceptors (Lipinski definition) is 13. The van der Waals surface area contributed by atoms with Crippen molar-refractivity contribution in [2.45, 2.75) is 19.5 Å². The highest BCUT2D eigenvalue weighted by Crippen LogP contribution is 2.23. The fourth-order valence-corrected chi connectivity index (χ4v) is 5.73. The molecule has 48 heavy (non-hydrogen) atoms. The Labute approximate surface area is 274 Å². The zero-order valence-corrected chi connectivity index (χ0v) is 27.1. The molecule has 19 heteroatoms. The number of nitrogens with two attached hydrogens (primary N) is 1. The zero-order chi connectivity index (χ0) is 34.9. The van der Waals surface area contributed by atoms with Crippen LogP contribution in [0.3, 0.4) is 0 Å². The summed E-state index contributed by atoms with van der Waals surface area (Å²) in [5.74, 6) is -1.43. The zero-order valence-electron chi connectivity index (χ0n) is 25.5. The van der Waals surface area contributed by atoms with Gasteiger partial charge in [0.1, 0.15) is 0 Å². The van der Waals surface area contributed by atoms with E-state index < -0.39 is 32.4 Å². The molecule has 15 nitrogen and oxygen atoms in total. The van der Waals surface area contributed by atoms with E-state index in [4.69, 9.17) is 10.2 Å². The van der Waals surface area contributed by atoms with E-state index in [0.29, 0.717) is 22.5 Å². The van der Waals surface area contributed by atoms with Crippen LogP contribution in [0.25, 0.3) is 11.7 Å². The van der Waals surface area contributed by atoms with Gasteiger partial charge in [0, 0.05) is 35.9 Å². The molecule has 5 rings (SSSR count). The SMILES string of the molecule is CS(=O)(=O)N(Cc1cnc(-c2nnc(C(F)F)o2)nc1)c1ccccc1.CS(=O)(=O)N(Cc1cnc(C(=O)CN)nc1)c1ccccc1. The number of alkyl halides is 2. The molecule has 5 aromatic rings. The molecule has 0 aliphatic heterocycles. The predicted molar refractivity (Wildman–Crippen MR) is 171 cm³/mol. The Morgan fingerprint density at radius 1 is 0.750 bits per heavy atom. The number of para-hydroxylation sites is 2.